The topological polar surface area (TPSA) is 69.6 Å². The Morgan fingerprint density at radius 2 is 2.10 bits per heavy atom. The van der Waals surface area contributed by atoms with Crippen LogP contribution in [0, 0.1) is 12.8 Å². The van der Waals surface area contributed by atoms with Crippen molar-refractivity contribution in [2.75, 3.05) is 5.73 Å². The molecule has 0 spiro atoms. The summed E-state index contributed by atoms with van der Waals surface area (Å²) in [5.74, 6) is 1.62. The molecule has 2 N–H and O–H groups in total. The average Bonchev–Trinajstić information content (AvgIpc) is 3.09. The molecule has 1 saturated carbocycles. The molecule has 0 atom stereocenters. The van der Waals surface area contributed by atoms with Crippen LogP contribution in [0.5, 0.6) is 0 Å². The predicted octanol–water partition coefficient (Wildman–Crippen LogP) is 2.81. The van der Waals surface area contributed by atoms with Gasteiger partial charge in [0.1, 0.15) is 0 Å². The number of tetrazole rings is 1. The largest absolute Gasteiger partial charge is 0.398 e. The molecule has 0 bridgehead atoms. The Bertz CT molecular complexity index is 584. The first-order valence-electron chi connectivity index (χ1n) is 7.36. The summed E-state index contributed by atoms with van der Waals surface area (Å²) in [6.07, 6.45) is 6.60. The van der Waals surface area contributed by atoms with Crippen molar-refractivity contribution >= 4 is 5.69 Å². The first-order chi connectivity index (χ1) is 9.74. The summed E-state index contributed by atoms with van der Waals surface area (Å²) < 4.78 is 1.89. The summed E-state index contributed by atoms with van der Waals surface area (Å²) in [6.45, 7) is 2.93. The highest BCUT2D eigenvalue weighted by molar-refractivity contribution is 5.71. The zero-order chi connectivity index (χ0) is 13.9. The van der Waals surface area contributed by atoms with Gasteiger partial charge in [-0.05, 0) is 41.8 Å². The second-order valence-electron chi connectivity index (χ2n) is 5.76. The van der Waals surface area contributed by atoms with Gasteiger partial charge in [0.15, 0.2) is 5.82 Å². The van der Waals surface area contributed by atoms with Crippen LogP contribution in [0.25, 0.3) is 11.4 Å². The van der Waals surface area contributed by atoms with E-state index in [1.54, 1.807) is 0 Å². The number of nitrogen functional groups attached to an aromatic ring is 1. The standard InChI is InChI=1S/C15H21N5/c1-11-6-7-14(16)13(10-11)15-17-18-19-20(15)9-8-12-4-2-3-5-12/h6-7,10,12H,2-5,8-9,16H2,1H3. The van der Waals surface area contributed by atoms with Gasteiger partial charge in [-0.15, -0.1) is 5.10 Å². The first-order valence-corrected chi connectivity index (χ1v) is 7.36. The zero-order valence-electron chi connectivity index (χ0n) is 11.9. The highest BCUT2D eigenvalue weighted by Gasteiger charge is 2.17. The fourth-order valence-electron chi connectivity index (χ4n) is 3.02. The molecular formula is C15H21N5. The van der Waals surface area contributed by atoms with Crippen LogP contribution < -0.4 is 5.73 Å². The molecule has 5 heteroatoms. The molecular weight excluding hydrogens is 250 g/mol. The van der Waals surface area contributed by atoms with E-state index in [2.05, 4.69) is 22.4 Å². The molecule has 1 aliphatic carbocycles. The van der Waals surface area contributed by atoms with Crippen LogP contribution in [0.1, 0.15) is 37.7 Å². The molecule has 0 unspecified atom stereocenters. The van der Waals surface area contributed by atoms with Gasteiger partial charge >= 0.3 is 0 Å². The number of benzene rings is 1. The second-order valence-corrected chi connectivity index (χ2v) is 5.76. The summed E-state index contributed by atoms with van der Waals surface area (Å²) in [5, 5.41) is 12.1. The highest BCUT2D eigenvalue weighted by Crippen LogP contribution is 2.29. The minimum atomic E-state index is 0.729. The lowest BCUT2D eigenvalue weighted by Gasteiger charge is -2.10. The Labute approximate surface area is 119 Å². The SMILES string of the molecule is Cc1ccc(N)c(-c2nnnn2CCC2CCCC2)c1. The second kappa shape index (κ2) is 5.61. The van der Waals surface area contributed by atoms with Gasteiger partial charge in [-0.3, -0.25) is 0 Å². The molecule has 1 heterocycles. The molecule has 0 aliphatic heterocycles. The molecule has 1 aromatic heterocycles. The smallest absolute Gasteiger partial charge is 0.184 e. The van der Waals surface area contributed by atoms with Crippen LogP contribution in [0.3, 0.4) is 0 Å². The molecule has 2 aromatic rings. The fourth-order valence-corrected chi connectivity index (χ4v) is 3.02. The number of nitrogens with zero attached hydrogens (tertiary/aromatic N) is 4. The van der Waals surface area contributed by atoms with E-state index >= 15 is 0 Å². The molecule has 0 radical (unpaired) electrons. The van der Waals surface area contributed by atoms with E-state index in [9.17, 15) is 0 Å². The van der Waals surface area contributed by atoms with Gasteiger partial charge in [-0.2, -0.15) is 0 Å². The molecule has 1 aromatic carbocycles. The van der Waals surface area contributed by atoms with Crippen molar-refractivity contribution in [2.24, 2.45) is 5.92 Å². The lowest BCUT2D eigenvalue weighted by molar-refractivity contribution is 0.436. The molecule has 1 fully saturated rings. The molecule has 5 nitrogen and oxygen atoms in total. The lowest BCUT2D eigenvalue weighted by atomic mass is 10.0. The number of aromatic nitrogens is 4. The van der Waals surface area contributed by atoms with E-state index in [0.29, 0.717) is 0 Å². The normalized spacial score (nSPS) is 15.8. The first kappa shape index (κ1) is 13.1. The van der Waals surface area contributed by atoms with E-state index in [1.807, 2.05) is 22.9 Å². The minimum Gasteiger partial charge on any atom is -0.398 e. The van der Waals surface area contributed by atoms with Gasteiger partial charge in [-0.25, -0.2) is 4.68 Å². The number of rotatable bonds is 4. The Morgan fingerprint density at radius 3 is 2.90 bits per heavy atom. The Kier molecular flexibility index (Phi) is 3.67. The Hall–Kier alpha value is -1.91. The quantitative estimate of drug-likeness (QED) is 0.868. The van der Waals surface area contributed by atoms with Gasteiger partial charge in [0, 0.05) is 17.8 Å². The van der Waals surface area contributed by atoms with Crippen LogP contribution in [-0.2, 0) is 6.54 Å². The van der Waals surface area contributed by atoms with Crippen molar-refractivity contribution < 1.29 is 0 Å². The summed E-state index contributed by atoms with van der Waals surface area (Å²) in [6, 6.07) is 5.97. The molecule has 0 amide bonds. The third kappa shape index (κ3) is 2.66. The fraction of sp³-hybridized carbons (Fsp3) is 0.533. The van der Waals surface area contributed by atoms with Crippen molar-refractivity contribution in [3.8, 4) is 11.4 Å². The van der Waals surface area contributed by atoms with Crippen molar-refractivity contribution in [1.82, 2.24) is 20.2 Å². The summed E-state index contributed by atoms with van der Waals surface area (Å²) in [7, 11) is 0. The van der Waals surface area contributed by atoms with Gasteiger partial charge in [-0.1, -0.05) is 37.3 Å². The maximum absolute atomic E-state index is 6.06. The van der Waals surface area contributed by atoms with Crippen molar-refractivity contribution in [3.63, 3.8) is 0 Å². The number of aryl methyl sites for hydroxylation is 2. The van der Waals surface area contributed by atoms with Gasteiger partial charge in [0.05, 0.1) is 0 Å². The van der Waals surface area contributed by atoms with Crippen molar-refractivity contribution in [1.29, 1.82) is 0 Å². The van der Waals surface area contributed by atoms with Crippen LogP contribution in [0.4, 0.5) is 5.69 Å². The van der Waals surface area contributed by atoms with E-state index in [4.69, 9.17) is 5.73 Å². The van der Waals surface area contributed by atoms with Gasteiger partial charge in [0.25, 0.3) is 0 Å². The average molecular weight is 271 g/mol. The molecule has 3 rings (SSSR count). The summed E-state index contributed by atoms with van der Waals surface area (Å²) >= 11 is 0. The number of hydrogen-bond acceptors (Lipinski definition) is 4. The summed E-state index contributed by atoms with van der Waals surface area (Å²) in [4.78, 5) is 0. The number of nitrogens with two attached hydrogens (primary N) is 1. The van der Waals surface area contributed by atoms with E-state index in [0.717, 1.165) is 36.0 Å². The van der Waals surface area contributed by atoms with Crippen LogP contribution in [-0.4, -0.2) is 20.2 Å². The van der Waals surface area contributed by atoms with Crippen LogP contribution in [0.2, 0.25) is 0 Å². The predicted molar refractivity (Wildman–Crippen MR) is 79.0 cm³/mol. The van der Waals surface area contributed by atoms with Crippen molar-refractivity contribution in [3.05, 3.63) is 23.8 Å². The molecule has 106 valence electrons. The van der Waals surface area contributed by atoms with Crippen LogP contribution >= 0.6 is 0 Å². The molecule has 20 heavy (non-hydrogen) atoms. The van der Waals surface area contributed by atoms with Crippen molar-refractivity contribution in [2.45, 2.75) is 45.6 Å². The number of hydrogen-bond donors (Lipinski definition) is 1. The zero-order valence-corrected chi connectivity index (χ0v) is 11.9. The Balaban J connectivity index is 1.80. The number of anilines is 1. The van der Waals surface area contributed by atoms with E-state index < -0.39 is 0 Å². The van der Waals surface area contributed by atoms with Gasteiger partial charge < -0.3 is 5.73 Å². The summed E-state index contributed by atoms with van der Waals surface area (Å²) in [5.41, 5.74) is 8.89. The molecule has 0 saturated heterocycles. The third-order valence-electron chi connectivity index (χ3n) is 4.21. The molecule has 1 aliphatic rings. The van der Waals surface area contributed by atoms with E-state index in [1.165, 1.54) is 31.2 Å². The lowest BCUT2D eigenvalue weighted by Crippen LogP contribution is -2.08. The maximum Gasteiger partial charge on any atom is 0.184 e. The highest BCUT2D eigenvalue weighted by atomic mass is 15.5. The third-order valence-corrected chi connectivity index (χ3v) is 4.21. The Morgan fingerprint density at radius 1 is 1.30 bits per heavy atom. The van der Waals surface area contributed by atoms with Crippen LogP contribution in [0.15, 0.2) is 18.2 Å². The van der Waals surface area contributed by atoms with Gasteiger partial charge in [0.2, 0.25) is 0 Å². The monoisotopic (exact) mass is 271 g/mol. The van der Waals surface area contributed by atoms with E-state index in [-0.39, 0.29) is 0 Å². The maximum atomic E-state index is 6.06. The minimum absolute atomic E-state index is 0.729.